The van der Waals surface area contributed by atoms with Gasteiger partial charge in [0.05, 0.1) is 0 Å². The van der Waals surface area contributed by atoms with E-state index in [-0.39, 0.29) is 6.42 Å². The highest BCUT2D eigenvalue weighted by molar-refractivity contribution is 5.66. The third-order valence-electron chi connectivity index (χ3n) is 4.10. The van der Waals surface area contributed by atoms with E-state index in [2.05, 4.69) is 6.92 Å². The van der Waals surface area contributed by atoms with Crippen molar-refractivity contribution in [3.8, 4) is 0 Å². The lowest BCUT2D eigenvalue weighted by Gasteiger charge is -2.13. The molecular formula is C18H34F2O2. The summed E-state index contributed by atoms with van der Waals surface area (Å²) in [5, 5.41) is 8.49. The minimum Gasteiger partial charge on any atom is -0.481 e. The average molecular weight is 320 g/mol. The second-order valence-electron chi connectivity index (χ2n) is 6.29. The van der Waals surface area contributed by atoms with Crippen molar-refractivity contribution in [2.24, 2.45) is 0 Å². The van der Waals surface area contributed by atoms with Crippen LogP contribution < -0.4 is 0 Å². The largest absolute Gasteiger partial charge is 0.481 e. The fourth-order valence-corrected chi connectivity index (χ4v) is 2.63. The van der Waals surface area contributed by atoms with Crippen LogP contribution in [-0.4, -0.2) is 23.4 Å². The molecule has 132 valence electrons. The van der Waals surface area contributed by atoms with Gasteiger partial charge in [0.25, 0.3) is 0 Å². The zero-order valence-electron chi connectivity index (χ0n) is 14.2. The average Bonchev–Trinajstić information content (AvgIpc) is 2.49. The molecule has 4 heteroatoms. The van der Waals surface area contributed by atoms with Crippen LogP contribution >= 0.6 is 0 Å². The van der Waals surface area contributed by atoms with E-state index in [4.69, 9.17) is 5.11 Å². The molecule has 0 aromatic heterocycles. The van der Waals surface area contributed by atoms with Crippen LogP contribution in [0.2, 0.25) is 0 Å². The number of carbonyl (C=O) groups is 1. The quantitative estimate of drug-likeness (QED) is 0.342. The van der Waals surface area contributed by atoms with Gasteiger partial charge in [0.15, 0.2) is 0 Å². The van der Waals surface area contributed by atoms with E-state index >= 15 is 0 Å². The molecule has 0 aliphatic carbocycles. The summed E-state index contributed by atoms with van der Waals surface area (Å²) < 4.78 is 27.3. The van der Waals surface area contributed by atoms with Gasteiger partial charge >= 0.3 is 5.97 Å². The first-order valence-electron chi connectivity index (χ1n) is 9.07. The van der Waals surface area contributed by atoms with E-state index in [0.29, 0.717) is 25.7 Å². The Balaban J connectivity index is 3.38. The van der Waals surface area contributed by atoms with Crippen LogP contribution in [-0.2, 0) is 4.79 Å². The Morgan fingerprint density at radius 3 is 1.64 bits per heavy atom. The molecule has 1 N–H and O–H groups in total. The molecule has 0 aromatic rings. The summed E-state index contributed by atoms with van der Waals surface area (Å²) >= 11 is 0. The summed E-state index contributed by atoms with van der Waals surface area (Å²) in [5.41, 5.74) is 0. The first kappa shape index (κ1) is 21.3. The Morgan fingerprint density at radius 1 is 0.773 bits per heavy atom. The van der Waals surface area contributed by atoms with Crippen LogP contribution in [0.4, 0.5) is 8.78 Å². The molecule has 22 heavy (non-hydrogen) atoms. The lowest BCUT2D eigenvalue weighted by Crippen LogP contribution is -2.17. The monoisotopic (exact) mass is 320 g/mol. The number of hydrogen-bond donors (Lipinski definition) is 1. The summed E-state index contributed by atoms with van der Waals surface area (Å²) in [5.74, 6) is -0.765. The Hall–Kier alpha value is -0.670. The van der Waals surface area contributed by atoms with E-state index in [1.165, 1.54) is 19.3 Å². The molecule has 0 spiro atoms. The first-order valence-corrected chi connectivity index (χ1v) is 9.07. The summed E-state index contributed by atoms with van der Waals surface area (Å²) in [7, 11) is 0. The van der Waals surface area contributed by atoms with E-state index in [1.54, 1.807) is 0 Å². The van der Waals surface area contributed by atoms with Gasteiger partial charge in [0.1, 0.15) is 12.3 Å². The third kappa shape index (κ3) is 14.3. The molecule has 2 nitrogen and oxygen atoms in total. The van der Waals surface area contributed by atoms with E-state index < -0.39 is 18.3 Å². The van der Waals surface area contributed by atoms with Crippen molar-refractivity contribution in [3.63, 3.8) is 0 Å². The number of hydrogen-bond acceptors (Lipinski definition) is 1. The second kappa shape index (κ2) is 15.2. The van der Waals surface area contributed by atoms with Crippen LogP contribution in [0.25, 0.3) is 0 Å². The van der Waals surface area contributed by atoms with Crippen molar-refractivity contribution in [1.82, 2.24) is 0 Å². The highest BCUT2D eigenvalue weighted by atomic mass is 19.2. The topological polar surface area (TPSA) is 37.3 Å². The van der Waals surface area contributed by atoms with E-state index in [0.717, 1.165) is 38.5 Å². The number of halogens is 2. The van der Waals surface area contributed by atoms with Gasteiger partial charge in [0, 0.05) is 6.42 Å². The van der Waals surface area contributed by atoms with Crippen LogP contribution in [0.5, 0.6) is 0 Å². The molecule has 0 aromatic carbocycles. The molecule has 0 amide bonds. The van der Waals surface area contributed by atoms with Crippen molar-refractivity contribution in [1.29, 1.82) is 0 Å². The van der Waals surface area contributed by atoms with Gasteiger partial charge in [0.2, 0.25) is 0 Å². The van der Waals surface area contributed by atoms with Crippen molar-refractivity contribution >= 4 is 5.97 Å². The molecule has 0 aliphatic rings. The number of carboxylic acids is 1. The fourth-order valence-electron chi connectivity index (χ4n) is 2.63. The SMILES string of the molecule is CCCCCCCC[C@@H](F)[C@@H](F)CCCCCCCC(=O)O. The normalized spacial score (nSPS) is 14.0. The minimum atomic E-state index is -1.32. The van der Waals surface area contributed by atoms with Gasteiger partial charge < -0.3 is 5.11 Å². The molecular weight excluding hydrogens is 286 g/mol. The third-order valence-corrected chi connectivity index (χ3v) is 4.10. The molecule has 0 unspecified atom stereocenters. The maximum Gasteiger partial charge on any atom is 0.303 e. The van der Waals surface area contributed by atoms with Gasteiger partial charge in [-0.05, 0) is 19.3 Å². The Labute approximate surface area is 134 Å². The molecule has 0 bridgehead atoms. The zero-order chi connectivity index (χ0) is 16.6. The summed E-state index contributed by atoms with van der Waals surface area (Å²) in [6.45, 7) is 2.16. The molecule has 0 radical (unpaired) electrons. The van der Waals surface area contributed by atoms with Crippen molar-refractivity contribution in [3.05, 3.63) is 0 Å². The lowest BCUT2D eigenvalue weighted by molar-refractivity contribution is -0.137. The Kier molecular flexibility index (Phi) is 14.8. The van der Waals surface area contributed by atoms with Gasteiger partial charge in [-0.3, -0.25) is 4.79 Å². The standard InChI is InChI=1S/C18H34F2O2/c1-2-3-4-5-7-10-13-16(19)17(20)14-11-8-6-9-12-15-18(21)22/h16-17H,2-15H2,1H3,(H,21,22)/t16-,17+/m1/s1. The van der Waals surface area contributed by atoms with Gasteiger partial charge in [-0.15, -0.1) is 0 Å². The first-order chi connectivity index (χ1) is 10.6. The second-order valence-corrected chi connectivity index (χ2v) is 6.29. The number of alkyl halides is 2. The zero-order valence-corrected chi connectivity index (χ0v) is 14.2. The Morgan fingerprint density at radius 2 is 1.18 bits per heavy atom. The van der Waals surface area contributed by atoms with Crippen molar-refractivity contribution < 1.29 is 18.7 Å². The molecule has 0 heterocycles. The molecule has 2 atom stereocenters. The summed E-state index contributed by atoms with van der Waals surface area (Å²) in [6.07, 6.45) is 8.82. The Bertz CT molecular complexity index is 259. The number of rotatable bonds is 16. The number of aliphatic carboxylic acids is 1. The molecule has 0 aliphatic heterocycles. The van der Waals surface area contributed by atoms with Crippen LogP contribution in [0.3, 0.4) is 0 Å². The number of carboxylic acid groups (broad SMARTS) is 1. The van der Waals surface area contributed by atoms with E-state index in [1.807, 2.05) is 0 Å². The predicted octanol–water partition coefficient (Wildman–Crippen LogP) is 6.23. The molecule has 0 fully saturated rings. The summed E-state index contributed by atoms with van der Waals surface area (Å²) in [4.78, 5) is 10.3. The predicted molar refractivity (Wildman–Crippen MR) is 87.7 cm³/mol. The van der Waals surface area contributed by atoms with Crippen molar-refractivity contribution in [2.75, 3.05) is 0 Å². The van der Waals surface area contributed by atoms with Crippen LogP contribution in [0.15, 0.2) is 0 Å². The molecule has 0 rings (SSSR count). The highest BCUT2D eigenvalue weighted by Crippen LogP contribution is 2.19. The van der Waals surface area contributed by atoms with Crippen LogP contribution in [0, 0.1) is 0 Å². The van der Waals surface area contributed by atoms with Crippen molar-refractivity contribution in [2.45, 2.75) is 109 Å². The highest BCUT2D eigenvalue weighted by Gasteiger charge is 2.19. The smallest absolute Gasteiger partial charge is 0.303 e. The maximum absolute atomic E-state index is 13.7. The van der Waals surface area contributed by atoms with Crippen LogP contribution in [0.1, 0.15) is 96.8 Å². The minimum absolute atomic E-state index is 0.205. The van der Waals surface area contributed by atoms with Gasteiger partial charge in [-0.1, -0.05) is 71.1 Å². The fraction of sp³-hybridized carbons (Fsp3) is 0.944. The van der Waals surface area contributed by atoms with Gasteiger partial charge in [-0.2, -0.15) is 0 Å². The van der Waals surface area contributed by atoms with E-state index in [9.17, 15) is 13.6 Å². The molecule has 0 saturated heterocycles. The lowest BCUT2D eigenvalue weighted by atomic mass is 10.0. The van der Waals surface area contributed by atoms with Gasteiger partial charge in [-0.25, -0.2) is 8.78 Å². The molecule has 0 saturated carbocycles. The number of unbranched alkanes of at least 4 members (excludes halogenated alkanes) is 9. The maximum atomic E-state index is 13.7. The summed E-state index contributed by atoms with van der Waals surface area (Å²) in [6, 6.07) is 0.